The SMILES string of the molecule is CCNC(c1sc(C)cc1Br)c1c(Cl)cccc1Cl. The van der Waals surface area contributed by atoms with E-state index in [0.29, 0.717) is 10.0 Å². The molecule has 0 spiro atoms. The van der Waals surface area contributed by atoms with E-state index in [1.165, 1.54) is 9.75 Å². The van der Waals surface area contributed by atoms with E-state index in [1.807, 2.05) is 18.2 Å². The standard InChI is InChI=1S/C14H14BrCl2NS/c1-3-18-13(14-9(15)7-8(2)19-14)12-10(16)5-4-6-11(12)17/h4-7,13,18H,3H2,1-2H3. The van der Waals surface area contributed by atoms with Crippen LogP contribution in [0.1, 0.15) is 28.3 Å². The summed E-state index contributed by atoms with van der Waals surface area (Å²) < 4.78 is 1.09. The summed E-state index contributed by atoms with van der Waals surface area (Å²) in [5.41, 5.74) is 0.940. The van der Waals surface area contributed by atoms with Crippen molar-refractivity contribution in [1.29, 1.82) is 0 Å². The molecule has 1 N–H and O–H groups in total. The van der Waals surface area contributed by atoms with Gasteiger partial charge in [-0.2, -0.15) is 0 Å². The highest BCUT2D eigenvalue weighted by Gasteiger charge is 2.22. The summed E-state index contributed by atoms with van der Waals surface area (Å²) in [6, 6.07) is 7.75. The summed E-state index contributed by atoms with van der Waals surface area (Å²) in [6.07, 6.45) is 0. The first-order valence-corrected chi connectivity index (χ1v) is 8.34. The second kappa shape index (κ2) is 6.59. The molecule has 2 aromatic rings. The third kappa shape index (κ3) is 3.34. The van der Waals surface area contributed by atoms with Gasteiger partial charge >= 0.3 is 0 Å². The highest BCUT2D eigenvalue weighted by atomic mass is 79.9. The van der Waals surface area contributed by atoms with Crippen LogP contribution in [0.5, 0.6) is 0 Å². The predicted molar refractivity (Wildman–Crippen MR) is 88.7 cm³/mol. The van der Waals surface area contributed by atoms with E-state index >= 15 is 0 Å². The van der Waals surface area contributed by atoms with E-state index in [1.54, 1.807) is 11.3 Å². The molecule has 0 bridgehead atoms. The highest BCUT2D eigenvalue weighted by Crippen LogP contribution is 2.40. The van der Waals surface area contributed by atoms with Crippen LogP contribution in [0.25, 0.3) is 0 Å². The molecule has 0 radical (unpaired) electrons. The Labute approximate surface area is 136 Å². The van der Waals surface area contributed by atoms with Gasteiger partial charge in [0.05, 0.1) is 6.04 Å². The fourth-order valence-electron chi connectivity index (χ4n) is 2.01. The van der Waals surface area contributed by atoms with E-state index in [-0.39, 0.29) is 6.04 Å². The molecule has 1 nitrogen and oxygen atoms in total. The number of halogens is 3. The number of thiophene rings is 1. The quantitative estimate of drug-likeness (QED) is 0.706. The Morgan fingerprint density at radius 3 is 2.42 bits per heavy atom. The van der Waals surface area contributed by atoms with E-state index in [9.17, 15) is 0 Å². The Morgan fingerprint density at radius 2 is 1.95 bits per heavy atom. The molecular weight excluding hydrogens is 365 g/mol. The molecule has 0 saturated carbocycles. The van der Waals surface area contributed by atoms with Crippen LogP contribution in [-0.2, 0) is 0 Å². The molecule has 1 aromatic heterocycles. The summed E-state index contributed by atoms with van der Waals surface area (Å²) in [6.45, 7) is 5.01. The molecule has 0 fully saturated rings. The summed E-state index contributed by atoms with van der Waals surface area (Å²) in [7, 11) is 0. The molecule has 1 aromatic carbocycles. The summed E-state index contributed by atoms with van der Waals surface area (Å²) in [5, 5.41) is 4.84. The largest absolute Gasteiger partial charge is 0.306 e. The Bertz CT molecular complexity index is 563. The highest BCUT2D eigenvalue weighted by molar-refractivity contribution is 9.10. The van der Waals surface area contributed by atoms with Gasteiger partial charge in [0.2, 0.25) is 0 Å². The lowest BCUT2D eigenvalue weighted by atomic mass is 10.1. The maximum Gasteiger partial charge on any atom is 0.0711 e. The first-order valence-electron chi connectivity index (χ1n) is 5.97. The lowest BCUT2D eigenvalue weighted by molar-refractivity contribution is 0.638. The van der Waals surface area contributed by atoms with Crippen molar-refractivity contribution in [3.63, 3.8) is 0 Å². The zero-order chi connectivity index (χ0) is 14.0. The second-order valence-electron chi connectivity index (χ2n) is 4.20. The summed E-state index contributed by atoms with van der Waals surface area (Å²) in [5.74, 6) is 0. The number of hydrogen-bond acceptors (Lipinski definition) is 2. The molecule has 1 atom stereocenters. The lowest BCUT2D eigenvalue weighted by Gasteiger charge is -2.20. The van der Waals surface area contributed by atoms with Crippen molar-refractivity contribution in [2.24, 2.45) is 0 Å². The number of nitrogens with one attached hydrogen (secondary N) is 1. The molecule has 5 heteroatoms. The van der Waals surface area contributed by atoms with Crippen molar-refractivity contribution >= 4 is 50.5 Å². The molecule has 1 heterocycles. The minimum Gasteiger partial charge on any atom is -0.306 e. The Hall–Kier alpha value is -0.0600. The Kier molecular flexibility index (Phi) is 5.32. The van der Waals surface area contributed by atoms with Crippen molar-refractivity contribution in [2.45, 2.75) is 19.9 Å². The fourth-order valence-corrected chi connectivity index (χ4v) is 4.60. The van der Waals surface area contributed by atoms with E-state index in [0.717, 1.165) is 16.6 Å². The first kappa shape index (κ1) is 15.3. The topological polar surface area (TPSA) is 12.0 Å². The minimum absolute atomic E-state index is 0.0132. The van der Waals surface area contributed by atoms with Crippen LogP contribution in [0.15, 0.2) is 28.7 Å². The zero-order valence-electron chi connectivity index (χ0n) is 10.6. The maximum atomic E-state index is 6.33. The van der Waals surface area contributed by atoms with Gasteiger partial charge in [-0.05, 0) is 47.6 Å². The van der Waals surface area contributed by atoms with Crippen LogP contribution in [-0.4, -0.2) is 6.54 Å². The van der Waals surface area contributed by atoms with Gasteiger partial charge in [0.1, 0.15) is 0 Å². The van der Waals surface area contributed by atoms with Crippen LogP contribution in [0.4, 0.5) is 0 Å². The van der Waals surface area contributed by atoms with Crippen LogP contribution in [0.2, 0.25) is 10.0 Å². The van der Waals surface area contributed by atoms with Gasteiger partial charge in [0, 0.05) is 29.8 Å². The van der Waals surface area contributed by atoms with Crippen LogP contribution in [0.3, 0.4) is 0 Å². The summed E-state index contributed by atoms with van der Waals surface area (Å²) in [4.78, 5) is 2.46. The molecule has 0 aliphatic heterocycles. The average Bonchev–Trinajstić information content (AvgIpc) is 2.67. The van der Waals surface area contributed by atoms with Crippen molar-refractivity contribution in [3.05, 3.63) is 54.1 Å². The van der Waals surface area contributed by atoms with E-state index in [4.69, 9.17) is 23.2 Å². The normalized spacial score (nSPS) is 12.7. The van der Waals surface area contributed by atoms with Gasteiger partial charge in [-0.1, -0.05) is 36.2 Å². The van der Waals surface area contributed by atoms with Crippen molar-refractivity contribution in [3.8, 4) is 0 Å². The molecule has 1 unspecified atom stereocenters. The van der Waals surface area contributed by atoms with Gasteiger partial charge in [-0.25, -0.2) is 0 Å². The number of aryl methyl sites for hydroxylation is 1. The van der Waals surface area contributed by atoms with Crippen LogP contribution < -0.4 is 5.32 Å². The molecule has 0 saturated heterocycles. The molecule has 0 amide bonds. The van der Waals surface area contributed by atoms with Gasteiger partial charge in [0.25, 0.3) is 0 Å². The molecule has 19 heavy (non-hydrogen) atoms. The van der Waals surface area contributed by atoms with Gasteiger partial charge < -0.3 is 5.32 Å². The summed E-state index contributed by atoms with van der Waals surface area (Å²) >= 11 is 18.0. The molecule has 2 rings (SSSR count). The average molecular weight is 379 g/mol. The first-order chi connectivity index (χ1) is 9.04. The molecule has 0 aliphatic carbocycles. The number of rotatable bonds is 4. The Morgan fingerprint density at radius 1 is 1.32 bits per heavy atom. The third-order valence-corrected chi connectivity index (χ3v) is 5.49. The predicted octanol–water partition coefficient (Wildman–Crippen LogP) is 5.82. The minimum atomic E-state index is 0.0132. The molecular formula is C14H14BrCl2NS. The van der Waals surface area contributed by atoms with Crippen LogP contribution >= 0.6 is 50.5 Å². The van der Waals surface area contributed by atoms with Crippen molar-refractivity contribution in [2.75, 3.05) is 6.54 Å². The second-order valence-corrected chi connectivity index (χ2v) is 7.15. The van der Waals surface area contributed by atoms with Gasteiger partial charge in [0.15, 0.2) is 0 Å². The molecule has 102 valence electrons. The van der Waals surface area contributed by atoms with E-state index in [2.05, 4.69) is 41.2 Å². The monoisotopic (exact) mass is 377 g/mol. The zero-order valence-corrected chi connectivity index (χ0v) is 14.6. The molecule has 0 aliphatic rings. The number of benzene rings is 1. The van der Waals surface area contributed by atoms with Crippen LogP contribution in [0, 0.1) is 6.92 Å². The fraction of sp³-hybridized carbons (Fsp3) is 0.286. The smallest absolute Gasteiger partial charge is 0.0711 e. The van der Waals surface area contributed by atoms with Gasteiger partial charge in [-0.15, -0.1) is 11.3 Å². The number of hydrogen-bond donors (Lipinski definition) is 1. The Balaban J connectivity index is 2.54. The third-order valence-electron chi connectivity index (χ3n) is 2.80. The lowest BCUT2D eigenvalue weighted by Crippen LogP contribution is -2.22. The van der Waals surface area contributed by atoms with E-state index < -0.39 is 0 Å². The van der Waals surface area contributed by atoms with Crippen molar-refractivity contribution in [1.82, 2.24) is 5.32 Å². The van der Waals surface area contributed by atoms with Crippen molar-refractivity contribution < 1.29 is 0 Å². The van der Waals surface area contributed by atoms with Gasteiger partial charge in [-0.3, -0.25) is 0 Å². The maximum absolute atomic E-state index is 6.33.